The Morgan fingerprint density at radius 2 is 2.22 bits per heavy atom. The molecule has 1 heterocycles. The van der Waals surface area contributed by atoms with Crippen molar-refractivity contribution in [3.8, 4) is 0 Å². The summed E-state index contributed by atoms with van der Waals surface area (Å²) in [6.45, 7) is 5.20. The summed E-state index contributed by atoms with van der Waals surface area (Å²) in [4.78, 5) is 14.9. The maximum atomic E-state index is 10.8. The van der Waals surface area contributed by atoms with Crippen LogP contribution in [0.2, 0.25) is 0 Å². The van der Waals surface area contributed by atoms with E-state index >= 15 is 0 Å². The first kappa shape index (κ1) is 13.0. The molecule has 98 valence electrons. The van der Waals surface area contributed by atoms with Crippen LogP contribution in [0.3, 0.4) is 0 Å². The van der Waals surface area contributed by atoms with E-state index in [-0.39, 0.29) is 5.69 Å². The van der Waals surface area contributed by atoms with Crippen LogP contribution in [0.25, 0.3) is 0 Å². The standard InChI is InChI=1S/C14H20N2O2/c1-9-6-7-12(10(9)2)15-8-11-4-3-5-13(16-11)14(17)18/h3-5,9-10,12,15H,6-8H2,1-2H3,(H,17,18). The van der Waals surface area contributed by atoms with Crippen LogP contribution < -0.4 is 5.32 Å². The molecule has 1 aromatic rings. The molecule has 3 atom stereocenters. The zero-order chi connectivity index (χ0) is 13.1. The van der Waals surface area contributed by atoms with Crippen LogP contribution in [0.5, 0.6) is 0 Å². The van der Waals surface area contributed by atoms with E-state index in [9.17, 15) is 4.79 Å². The molecule has 2 rings (SSSR count). The second kappa shape index (κ2) is 5.48. The average Bonchev–Trinajstić information content (AvgIpc) is 2.68. The Hall–Kier alpha value is -1.42. The fraction of sp³-hybridized carbons (Fsp3) is 0.571. The van der Waals surface area contributed by atoms with E-state index in [4.69, 9.17) is 5.11 Å². The van der Waals surface area contributed by atoms with Crippen LogP contribution >= 0.6 is 0 Å². The van der Waals surface area contributed by atoms with Gasteiger partial charge in [-0.2, -0.15) is 0 Å². The third kappa shape index (κ3) is 2.88. The number of pyridine rings is 1. The Labute approximate surface area is 107 Å². The largest absolute Gasteiger partial charge is 0.477 e. The molecule has 0 aliphatic heterocycles. The lowest BCUT2D eigenvalue weighted by atomic mass is 9.98. The number of aromatic nitrogens is 1. The van der Waals surface area contributed by atoms with Gasteiger partial charge in [0.05, 0.1) is 5.69 Å². The molecule has 1 saturated carbocycles. The van der Waals surface area contributed by atoms with Crippen LogP contribution in [0.15, 0.2) is 18.2 Å². The van der Waals surface area contributed by atoms with Crippen LogP contribution in [0, 0.1) is 11.8 Å². The molecule has 0 radical (unpaired) electrons. The molecule has 1 aliphatic carbocycles. The minimum atomic E-state index is -0.972. The van der Waals surface area contributed by atoms with Gasteiger partial charge in [0.1, 0.15) is 5.69 Å². The van der Waals surface area contributed by atoms with E-state index in [1.165, 1.54) is 18.9 Å². The molecule has 0 spiro atoms. The SMILES string of the molecule is CC1CCC(NCc2cccc(C(=O)O)n2)C1C. The quantitative estimate of drug-likeness (QED) is 0.858. The Kier molecular flexibility index (Phi) is 3.97. The molecule has 1 fully saturated rings. The van der Waals surface area contributed by atoms with E-state index < -0.39 is 5.97 Å². The first-order chi connectivity index (χ1) is 8.58. The van der Waals surface area contributed by atoms with Gasteiger partial charge in [-0.25, -0.2) is 9.78 Å². The number of aromatic carboxylic acids is 1. The number of carboxylic acid groups (broad SMARTS) is 1. The zero-order valence-corrected chi connectivity index (χ0v) is 10.9. The maximum Gasteiger partial charge on any atom is 0.354 e. The Morgan fingerprint density at radius 3 is 2.83 bits per heavy atom. The van der Waals surface area contributed by atoms with Crippen molar-refractivity contribution in [3.63, 3.8) is 0 Å². The minimum absolute atomic E-state index is 0.113. The first-order valence-corrected chi connectivity index (χ1v) is 6.50. The molecular formula is C14H20N2O2. The van der Waals surface area contributed by atoms with Crippen LogP contribution in [-0.2, 0) is 6.54 Å². The molecule has 2 N–H and O–H groups in total. The van der Waals surface area contributed by atoms with Gasteiger partial charge in [-0.15, -0.1) is 0 Å². The molecule has 0 bridgehead atoms. The molecule has 0 saturated heterocycles. The molecular weight excluding hydrogens is 228 g/mol. The van der Waals surface area contributed by atoms with Crippen molar-refractivity contribution in [2.24, 2.45) is 11.8 Å². The predicted octanol–water partition coefficient (Wildman–Crippen LogP) is 2.30. The van der Waals surface area contributed by atoms with Crippen LogP contribution in [-0.4, -0.2) is 22.1 Å². The molecule has 0 amide bonds. The zero-order valence-electron chi connectivity index (χ0n) is 10.9. The Morgan fingerprint density at radius 1 is 1.44 bits per heavy atom. The van der Waals surface area contributed by atoms with E-state index in [0.717, 1.165) is 11.6 Å². The van der Waals surface area contributed by atoms with E-state index in [1.54, 1.807) is 6.07 Å². The van der Waals surface area contributed by atoms with E-state index in [0.29, 0.717) is 18.5 Å². The molecule has 4 heteroatoms. The van der Waals surface area contributed by atoms with Gasteiger partial charge in [-0.3, -0.25) is 0 Å². The normalized spacial score (nSPS) is 27.3. The van der Waals surface area contributed by atoms with Crippen molar-refractivity contribution >= 4 is 5.97 Å². The fourth-order valence-corrected chi connectivity index (χ4v) is 2.59. The Bertz CT molecular complexity index is 434. The molecule has 0 aromatic carbocycles. The van der Waals surface area contributed by atoms with Gasteiger partial charge in [-0.1, -0.05) is 19.9 Å². The van der Waals surface area contributed by atoms with Gasteiger partial charge in [0.25, 0.3) is 0 Å². The van der Waals surface area contributed by atoms with Gasteiger partial charge in [-0.05, 0) is 36.8 Å². The predicted molar refractivity (Wildman–Crippen MR) is 69.4 cm³/mol. The highest BCUT2D eigenvalue weighted by Crippen LogP contribution is 2.31. The molecule has 1 aliphatic rings. The summed E-state index contributed by atoms with van der Waals surface area (Å²) in [5, 5.41) is 12.4. The summed E-state index contributed by atoms with van der Waals surface area (Å²) in [7, 11) is 0. The highest BCUT2D eigenvalue weighted by atomic mass is 16.4. The summed E-state index contributed by atoms with van der Waals surface area (Å²) in [6.07, 6.45) is 2.46. The van der Waals surface area contributed by atoms with Gasteiger partial charge >= 0.3 is 5.97 Å². The summed E-state index contributed by atoms with van der Waals surface area (Å²) >= 11 is 0. The fourth-order valence-electron chi connectivity index (χ4n) is 2.59. The Balaban J connectivity index is 1.94. The molecule has 4 nitrogen and oxygen atoms in total. The summed E-state index contributed by atoms with van der Waals surface area (Å²) in [5.74, 6) is 0.466. The van der Waals surface area contributed by atoms with E-state index in [2.05, 4.69) is 24.1 Å². The number of nitrogens with zero attached hydrogens (tertiary/aromatic N) is 1. The number of carbonyl (C=O) groups is 1. The van der Waals surface area contributed by atoms with Crippen molar-refractivity contribution in [1.82, 2.24) is 10.3 Å². The summed E-state index contributed by atoms with van der Waals surface area (Å²) in [5.41, 5.74) is 0.906. The third-order valence-corrected chi connectivity index (χ3v) is 4.04. The molecule has 1 aromatic heterocycles. The second-order valence-electron chi connectivity index (χ2n) is 5.22. The van der Waals surface area contributed by atoms with Crippen molar-refractivity contribution in [2.75, 3.05) is 0 Å². The number of nitrogens with one attached hydrogen (secondary N) is 1. The monoisotopic (exact) mass is 248 g/mol. The van der Waals surface area contributed by atoms with Crippen molar-refractivity contribution in [1.29, 1.82) is 0 Å². The molecule has 18 heavy (non-hydrogen) atoms. The highest BCUT2D eigenvalue weighted by molar-refractivity contribution is 5.85. The lowest BCUT2D eigenvalue weighted by Gasteiger charge is -2.19. The van der Waals surface area contributed by atoms with Crippen molar-refractivity contribution in [2.45, 2.75) is 39.3 Å². The van der Waals surface area contributed by atoms with Gasteiger partial charge in [0.2, 0.25) is 0 Å². The summed E-state index contributed by atoms with van der Waals surface area (Å²) < 4.78 is 0. The summed E-state index contributed by atoms with van der Waals surface area (Å²) in [6, 6.07) is 5.65. The maximum absolute atomic E-state index is 10.8. The molecule has 3 unspecified atom stereocenters. The topological polar surface area (TPSA) is 62.2 Å². The third-order valence-electron chi connectivity index (χ3n) is 4.04. The van der Waals surface area contributed by atoms with Crippen molar-refractivity contribution < 1.29 is 9.90 Å². The van der Waals surface area contributed by atoms with Gasteiger partial charge in [0.15, 0.2) is 0 Å². The lowest BCUT2D eigenvalue weighted by Crippen LogP contribution is -2.32. The van der Waals surface area contributed by atoms with Crippen molar-refractivity contribution in [3.05, 3.63) is 29.6 Å². The van der Waals surface area contributed by atoms with Gasteiger partial charge < -0.3 is 10.4 Å². The number of hydrogen-bond donors (Lipinski definition) is 2. The number of carboxylic acids is 1. The second-order valence-corrected chi connectivity index (χ2v) is 5.22. The van der Waals surface area contributed by atoms with Crippen LogP contribution in [0.1, 0.15) is 42.9 Å². The van der Waals surface area contributed by atoms with E-state index in [1.807, 2.05) is 6.07 Å². The van der Waals surface area contributed by atoms with Gasteiger partial charge in [0, 0.05) is 12.6 Å². The average molecular weight is 248 g/mol. The van der Waals surface area contributed by atoms with Crippen LogP contribution in [0.4, 0.5) is 0 Å². The minimum Gasteiger partial charge on any atom is -0.477 e. The number of rotatable bonds is 4. The number of hydrogen-bond acceptors (Lipinski definition) is 3. The first-order valence-electron chi connectivity index (χ1n) is 6.50. The lowest BCUT2D eigenvalue weighted by molar-refractivity contribution is 0.0690. The highest BCUT2D eigenvalue weighted by Gasteiger charge is 2.29. The smallest absolute Gasteiger partial charge is 0.354 e.